The minimum Gasteiger partial charge on any atom is -0.493 e. The highest BCUT2D eigenvalue weighted by Gasteiger charge is 2.24. The van der Waals surface area contributed by atoms with Gasteiger partial charge in [0.2, 0.25) is 0 Å². The van der Waals surface area contributed by atoms with E-state index in [9.17, 15) is 4.79 Å². The molecule has 0 N–H and O–H groups in total. The molecule has 3 rings (SSSR count). The van der Waals surface area contributed by atoms with Gasteiger partial charge < -0.3 is 9.47 Å². The summed E-state index contributed by atoms with van der Waals surface area (Å²) in [6.45, 7) is 3.01. The number of para-hydroxylation sites is 2. The summed E-state index contributed by atoms with van der Waals surface area (Å²) < 4.78 is 11.6. The zero-order valence-corrected chi connectivity index (χ0v) is 12.0. The Morgan fingerprint density at radius 1 is 1.19 bits per heavy atom. The zero-order valence-electron chi connectivity index (χ0n) is 12.0. The summed E-state index contributed by atoms with van der Waals surface area (Å²) in [7, 11) is 0. The van der Waals surface area contributed by atoms with E-state index in [-0.39, 0.29) is 11.7 Å². The molecule has 1 atom stereocenters. The van der Waals surface area contributed by atoms with Gasteiger partial charge in [-0.2, -0.15) is 0 Å². The molecule has 0 fully saturated rings. The van der Waals surface area contributed by atoms with Crippen molar-refractivity contribution in [3.63, 3.8) is 0 Å². The molecule has 0 amide bonds. The normalized spacial score (nSPS) is 16.1. The Bertz CT molecular complexity index is 648. The fourth-order valence-electron chi connectivity index (χ4n) is 2.57. The molecule has 0 radical (unpaired) electrons. The number of hydrogen-bond donors (Lipinski definition) is 0. The third-order valence-corrected chi connectivity index (χ3v) is 3.75. The first-order valence-corrected chi connectivity index (χ1v) is 7.26. The van der Waals surface area contributed by atoms with Crippen LogP contribution in [0.5, 0.6) is 11.5 Å². The van der Waals surface area contributed by atoms with E-state index in [4.69, 9.17) is 9.47 Å². The molecular formula is C18H18O3. The predicted molar refractivity (Wildman–Crippen MR) is 81.2 cm³/mol. The number of carbonyl (C=O) groups excluding carboxylic acids is 1. The molecule has 0 bridgehead atoms. The topological polar surface area (TPSA) is 35.5 Å². The van der Waals surface area contributed by atoms with Crippen molar-refractivity contribution in [1.29, 1.82) is 0 Å². The van der Waals surface area contributed by atoms with Crippen molar-refractivity contribution in [1.82, 2.24) is 0 Å². The van der Waals surface area contributed by atoms with Crippen molar-refractivity contribution in [3.8, 4) is 11.5 Å². The molecule has 2 aromatic rings. The molecule has 1 heterocycles. The van der Waals surface area contributed by atoms with E-state index in [1.807, 2.05) is 49.4 Å². The highest BCUT2D eigenvalue weighted by atomic mass is 16.5. The Morgan fingerprint density at radius 3 is 2.81 bits per heavy atom. The van der Waals surface area contributed by atoms with Gasteiger partial charge in [-0.3, -0.25) is 4.79 Å². The van der Waals surface area contributed by atoms with Crippen molar-refractivity contribution in [2.24, 2.45) is 0 Å². The maximum atomic E-state index is 11.9. The second-order valence-corrected chi connectivity index (χ2v) is 5.13. The van der Waals surface area contributed by atoms with E-state index in [0.29, 0.717) is 30.9 Å². The Morgan fingerprint density at radius 2 is 1.95 bits per heavy atom. The van der Waals surface area contributed by atoms with Crippen LogP contribution in [0.3, 0.4) is 0 Å². The van der Waals surface area contributed by atoms with Crippen molar-refractivity contribution < 1.29 is 14.3 Å². The van der Waals surface area contributed by atoms with Gasteiger partial charge in [-0.15, -0.1) is 0 Å². The molecule has 0 aromatic heterocycles. The van der Waals surface area contributed by atoms with Crippen LogP contribution < -0.4 is 9.47 Å². The summed E-state index contributed by atoms with van der Waals surface area (Å²) in [6, 6.07) is 15.4. The molecular weight excluding hydrogens is 264 g/mol. The molecule has 0 aliphatic carbocycles. The lowest BCUT2D eigenvalue weighted by Crippen LogP contribution is -2.13. The van der Waals surface area contributed by atoms with Crippen LogP contribution in [-0.2, 0) is 0 Å². The monoisotopic (exact) mass is 282 g/mol. The van der Waals surface area contributed by atoms with Gasteiger partial charge in [0.25, 0.3) is 0 Å². The molecule has 0 spiro atoms. The van der Waals surface area contributed by atoms with Gasteiger partial charge in [0.1, 0.15) is 11.5 Å². The van der Waals surface area contributed by atoms with E-state index in [0.717, 1.165) is 5.75 Å². The van der Waals surface area contributed by atoms with Gasteiger partial charge >= 0.3 is 0 Å². The Labute approximate surface area is 124 Å². The van der Waals surface area contributed by atoms with Gasteiger partial charge in [0, 0.05) is 12.0 Å². The summed E-state index contributed by atoms with van der Waals surface area (Å²) in [4.78, 5) is 11.9. The molecule has 21 heavy (non-hydrogen) atoms. The first-order chi connectivity index (χ1) is 10.3. The summed E-state index contributed by atoms with van der Waals surface area (Å²) in [5, 5.41) is 0. The summed E-state index contributed by atoms with van der Waals surface area (Å²) in [5.41, 5.74) is 1.84. The lowest BCUT2D eigenvalue weighted by Gasteiger charge is -2.13. The number of benzene rings is 2. The minimum atomic E-state index is 0.105. The standard InChI is InChI=1S/C18H18O3/c1-2-16(19)15-8-4-6-10-18(15)21-12-13-11-20-17-9-5-3-7-14(13)17/h3-10,13H,2,11-12H2,1H3. The maximum Gasteiger partial charge on any atom is 0.166 e. The highest BCUT2D eigenvalue weighted by molar-refractivity contribution is 5.98. The number of rotatable bonds is 5. The number of fused-ring (bicyclic) bond motifs is 1. The van der Waals surface area contributed by atoms with Crippen molar-refractivity contribution >= 4 is 5.78 Å². The third-order valence-electron chi connectivity index (χ3n) is 3.75. The summed E-state index contributed by atoms with van der Waals surface area (Å²) >= 11 is 0. The average molecular weight is 282 g/mol. The number of carbonyl (C=O) groups is 1. The van der Waals surface area contributed by atoms with Crippen LogP contribution in [0, 0.1) is 0 Å². The number of Topliss-reactive ketones (excluding diaryl/α,β-unsaturated/α-hetero) is 1. The Kier molecular flexibility index (Phi) is 3.91. The van der Waals surface area contributed by atoms with Crippen LogP contribution in [-0.4, -0.2) is 19.0 Å². The first kappa shape index (κ1) is 13.7. The van der Waals surface area contributed by atoms with E-state index >= 15 is 0 Å². The quantitative estimate of drug-likeness (QED) is 0.782. The SMILES string of the molecule is CCC(=O)c1ccccc1OCC1COc2ccccc21. The van der Waals surface area contributed by atoms with E-state index in [1.165, 1.54) is 5.56 Å². The molecule has 3 nitrogen and oxygen atoms in total. The van der Waals surface area contributed by atoms with Gasteiger partial charge in [-0.05, 0) is 18.2 Å². The zero-order chi connectivity index (χ0) is 14.7. The molecule has 0 saturated carbocycles. The maximum absolute atomic E-state index is 11.9. The highest BCUT2D eigenvalue weighted by Crippen LogP contribution is 2.34. The molecule has 2 aromatic carbocycles. The van der Waals surface area contributed by atoms with Crippen LogP contribution in [0.2, 0.25) is 0 Å². The predicted octanol–water partition coefficient (Wildman–Crippen LogP) is 3.83. The fraction of sp³-hybridized carbons (Fsp3) is 0.278. The molecule has 1 aliphatic heterocycles. The van der Waals surface area contributed by atoms with E-state index in [2.05, 4.69) is 6.07 Å². The first-order valence-electron chi connectivity index (χ1n) is 7.26. The van der Waals surface area contributed by atoms with Crippen LogP contribution in [0.1, 0.15) is 35.2 Å². The summed E-state index contributed by atoms with van der Waals surface area (Å²) in [6.07, 6.45) is 0.482. The van der Waals surface area contributed by atoms with Gasteiger partial charge in [-0.1, -0.05) is 37.3 Å². The number of ether oxygens (including phenoxy) is 2. The van der Waals surface area contributed by atoms with Crippen molar-refractivity contribution in [2.75, 3.05) is 13.2 Å². The minimum absolute atomic E-state index is 0.105. The van der Waals surface area contributed by atoms with Gasteiger partial charge in [0.15, 0.2) is 5.78 Å². The van der Waals surface area contributed by atoms with E-state index in [1.54, 1.807) is 0 Å². The van der Waals surface area contributed by atoms with Crippen molar-refractivity contribution in [3.05, 3.63) is 59.7 Å². The van der Waals surface area contributed by atoms with Crippen LogP contribution in [0.25, 0.3) is 0 Å². The second-order valence-electron chi connectivity index (χ2n) is 5.13. The van der Waals surface area contributed by atoms with Crippen LogP contribution >= 0.6 is 0 Å². The molecule has 0 saturated heterocycles. The Balaban J connectivity index is 1.73. The van der Waals surface area contributed by atoms with Crippen molar-refractivity contribution in [2.45, 2.75) is 19.3 Å². The Hall–Kier alpha value is -2.29. The lowest BCUT2D eigenvalue weighted by molar-refractivity contribution is 0.0983. The van der Waals surface area contributed by atoms with Crippen LogP contribution in [0.4, 0.5) is 0 Å². The molecule has 1 unspecified atom stereocenters. The molecule has 108 valence electrons. The van der Waals surface area contributed by atoms with Crippen LogP contribution in [0.15, 0.2) is 48.5 Å². The summed E-state index contributed by atoms with van der Waals surface area (Å²) in [5.74, 6) is 1.91. The largest absolute Gasteiger partial charge is 0.493 e. The average Bonchev–Trinajstić information content (AvgIpc) is 2.96. The second kappa shape index (κ2) is 6.00. The molecule has 3 heteroatoms. The fourth-order valence-corrected chi connectivity index (χ4v) is 2.57. The molecule has 1 aliphatic rings. The third kappa shape index (κ3) is 2.77. The number of ketones is 1. The smallest absolute Gasteiger partial charge is 0.166 e. The number of hydrogen-bond acceptors (Lipinski definition) is 3. The van der Waals surface area contributed by atoms with Gasteiger partial charge in [0.05, 0.1) is 24.7 Å². The van der Waals surface area contributed by atoms with E-state index < -0.39 is 0 Å². The van der Waals surface area contributed by atoms with Gasteiger partial charge in [-0.25, -0.2) is 0 Å². The lowest BCUT2D eigenvalue weighted by atomic mass is 10.0.